The third-order valence-electron chi connectivity index (χ3n) is 3.53. The standard InChI is InChI=1S/C13H12F4N4O2S/c14-9-6-10(8-4-2-1-3-5-8)21-11(9)19-12(20-21)24(22,23)18-7-13(15,16)17/h1-5,9-10,18H,6-7H2/t9-,10-/m0/s1. The summed E-state index contributed by atoms with van der Waals surface area (Å²) in [6.07, 6.45) is -6.23. The van der Waals surface area contributed by atoms with Gasteiger partial charge in [0.2, 0.25) is 0 Å². The fourth-order valence-corrected chi connectivity index (χ4v) is 3.36. The van der Waals surface area contributed by atoms with E-state index in [-0.39, 0.29) is 12.2 Å². The lowest BCUT2D eigenvalue weighted by Crippen LogP contribution is -2.34. The van der Waals surface area contributed by atoms with Crippen molar-refractivity contribution >= 4 is 10.0 Å². The average molecular weight is 364 g/mol. The molecule has 3 rings (SSSR count). The van der Waals surface area contributed by atoms with Gasteiger partial charge in [-0.2, -0.15) is 22.9 Å². The number of halogens is 4. The summed E-state index contributed by atoms with van der Waals surface area (Å²) in [5.41, 5.74) is 0.705. The van der Waals surface area contributed by atoms with Crippen LogP contribution in [0.25, 0.3) is 0 Å². The summed E-state index contributed by atoms with van der Waals surface area (Å²) >= 11 is 0. The molecule has 24 heavy (non-hydrogen) atoms. The Morgan fingerprint density at radius 1 is 1.25 bits per heavy atom. The fourth-order valence-electron chi connectivity index (χ4n) is 2.47. The molecule has 0 fully saturated rings. The number of nitrogens with one attached hydrogen (secondary N) is 1. The highest BCUT2D eigenvalue weighted by molar-refractivity contribution is 7.89. The molecule has 0 radical (unpaired) electrons. The zero-order chi connectivity index (χ0) is 17.5. The minimum atomic E-state index is -4.72. The van der Waals surface area contributed by atoms with Gasteiger partial charge >= 0.3 is 6.18 Å². The van der Waals surface area contributed by atoms with Crippen LogP contribution in [0.4, 0.5) is 17.6 Å². The van der Waals surface area contributed by atoms with Gasteiger partial charge in [-0.25, -0.2) is 17.5 Å². The summed E-state index contributed by atoms with van der Waals surface area (Å²) in [4.78, 5) is 3.58. The second-order valence-electron chi connectivity index (χ2n) is 5.27. The molecule has 130 valence electrons. The third kappa shape index (κ3) is 3.26. The van der Waals surface area contributed by atoms with Crippen LogP contribution in [0.3, 0.4) is 0 Å². The normalized spacial score (nSPS) is 21.0. The lowest BCUT2D eigenvalue weighted by atomic mass is 10.0. The van der Waals surface area contributed by atoms with E-state index in [0.717, 1.165) is 4.68 Å². The van der Waals surface area contributed by atoms with Crippen LogP contribution in [0, 0.1) is 0 Å². The van der Waals surface area contributed by atoms with Crippen molar-refractivity contribution in [1.82, 2.24) is 19.5 Å². The van der Waals surface area contributed by atoms with Crippen LogP contribution in [0.15, 0.2) is 35.5 Å². The Labute approximate surface area is 134 Å². The molecule has 2 atom stereocenters. The van der Waals surface area contributed by atoms with E-state index in [1.165, 1.54) is 4.72 Å². The first-order valence-corrected chi connectivity index (χ1v) is 8.37. The molecular formula is C13H12F4N4O2S. The van der Waals surface area contributed by atoms with Crippen LogP contribution >= 0.6 is 0 Å². The molecule has 0 aliphatic carbocycles. The minimum Gasteiger partial charge on any atom is -0.239 e. The quantitative estimate of drug-likeness (QED) is 0.843. The minimum absolute atomic E-state index is 0.0374. The van der Waals surface area contributed by atoms with Crippen molar-refractivity contribution in [3.05, 3.63) is 41.7 Å². The molecule has 2 aromatic rings. The van der Waals surface area contributed by atoms with E-state index in [4.69, 9.17) is 0 Å². The van der Waals surface area contributed by atoms with E-state index >= 15 is 0 Å². The van der Waals surface area contributed by atoms with Crippen LogP contribution in [0.2, 0.25) is 0 Å². The maximum Gasteiger partial charge on any atom is 0.402 e. The molecule has 6 nitrogen and oxygen atoms in total. The van der Waals surface area contributed by atoms with Crippen molar-refractivity contribution in [1.29, 1.82) is 0 Å². The van der Waals surface area contributed by atoms with Gasteiger partial charge in [-0.05, 0) is 5.56 Å². The predicted molar refractivity (Wildman–Crippen MR) is 74.3 cm³/mol. The molecule has 0 unspecified atom stereocenters. The zero-order valence-corrected chi connectivity index (χ0v) is 12.9. The zero-order valence-electron chi connectivity index (χ0n) is 12.0. The molecule has 1 aliphatic heterocycles. The second kappa shape index (κ2) is 5.81. The van der Waals surface area contributed by atoms with Crippen molar-refractivity contribution in [2.24, 2.45) is 0 Å². The molecule has 0 spiro atoms. The molecule has 0 saturated heterocycles. The first kappa shape index (κ1) is 16.8. The molecule has 0 amide bonds. The molecule has 11 heteroatoms. The maximum atomic E-state index is 14.1. The van der Waals surface area contributed by atoms with Gasteiger partial charge in [0.15, 0.2) is 12.0 Å². The van der Waals surface area contributed by atoms with Gasteiger partial charge in [0.05, 0.1) is 6.04 Å². The third-order valence-corrected chi connectivity index (χ3v) is 4.71. The summed E-state index contributed by atoms with van der Waals surface area (Å²) in [5, 5.41) is 2.85. The van der Waals surface area contributed by atoms with Crippen molar-refractivity contribution in [3.63, 3.8) is 0 Å². The Morgan fingerprint density at radius 3 is 2.54 bits per heavy atom. The SMILES string of the molecule is O=S(=O)(NCC(F)(F)F)c1nc2n(n1)[C@H](c1ccccc1)C[C@@H]2F. The number of rotatable bonds is 4. The number of nitrogens with zero attached hydrogens (tertiary/aromatic N) is 3. The second-order valence-corrected chi connectivity index (χ2v) is 6.93. The summed E-state index contributed by atoms with van der Waals surface area (Å²) in [7, 11) is -4.58. The Bertz CT molecular complexity index is 835. The van der Waals surface area contributed by atoms with Crippen molar-refractivity contribution in [2.45, 2.75) is 30.0 Å². The van der Waals surface area contributed by atoms with Gasteiger partial charge in [0.25, 0.3) is 15.2 Å². The van der Waals surface area contributed by atoms with Crippen LogP contribution < -0.4 is 4.72 Å². The number of sulfonamides is 1. The molecule has 1 aromatic carbocycles. The number of hydrogen-bond acceptors (Lipinski definition) is 4. The van der Waals surface area contributed by atoms with E-state index in [9.17, 15) is 26.0 Å². The van der Waals surface area contributed by atoms with Gasteiger partial charge in [0, 0.05) is 6.42 Å². The maximum absolute atomic E-state index is 14.1. The highest BCUT2D eigenvalue weighted by Gasteiger charge is 2.38. The smallest absolute Gasteiger partial charge is 0.239 e. The number of alkyl halides is 4. The molecule has 2 heterocycles. The molecule has 1 N–H and O–H groups in total. The van der Waals surface area contributed by atoms with Crippen LogP contribution in [-0.2, 0) is 10.0 Å². The molecule has 0 bridgehead atoms. The lowest BCUT2D eigenvalue weighted by molar-refractivity contribution is -0.121. The monoisotopic (exact) mass is 364 g/mol. The number of fused-ring (bicyclic) bond motifs is 1. The van der Waals surface area contributed by atoms with Crippen LogP contribution in [-0.4, -0.2) is 35.9 Å². The highest BCUT2D eigenvalue weighted by atomic mass is 32.2. The van der Waals surface area contributed by atoms with E-state index < -0.39 is 40.1 Å². The average Bonchev–Trinajstić information content (AvgIpc) is 3.07. The van der Waals surface area contributed by atoms with Crippen LogP contribution in [0.1, 0.15) is 30.0 Å². The van der Waals surface area contributed by atoms with Crippen molar-refractivity contribution in [2.75, 3.05) is 6.54 Å². The van der Waals surface area contributed by atoms with Gasteiger partial charge < -0.3 is 0 Å². The Kier molecular flexibility index (Phi) is 4.08. The predicted octanol–water partition coefficient (Wildman–Crippen LogP) is 2.12. The summed E-state index contributed by atoms with van der Waals surface area (Å²) in [5.74, 6) is -0.212. The van der Waals surface area contributed by atoms with Crippen molar-refractivity contribution < 1.29 is 26.0 Å². The Balaban J connectivity index is 1.91. The summed E-state index contributed by atoms with van der Waals surface area (Å²) in [6, 6.07) is 8.13. The molecular weight excluding hydrogens is 352 g/mol. The molecule has 0 saturated carbocycles. The van der Waals surface area contributed by atoms with E-state index in [1.54, 1.807) is 30.3 Å². The van der Waals surface area contributed by atoms with Gasteiger partial charge in [-0.1, -0.05) is 30.3 Å². The Morgan fingerprint density at radius 2 is 1.92 bits per heavy atom. The fraction of sp³-hybridized carbons (Fsp3) is 0.385. The first-order chi connectivity index (χ1) is 11.2. The highest BCUT2D eigenvalue weighted by Crippen LogP contribution is 2.39. The van der Waals surface area contributed by atoms with Crippen LogP contribution in [0.5, 0.6) is 0 Å². The van der Waals surface area contributed by atoms with Crippen molar-refractivity contribution in [3.8, 4) is 0 Å². The number of benzene rings is 1. The van der Waals surface area contributed by atoms with E-state index in [2.05, 4.69) is 10.1 Å². The summed E-state index contributed by atoms with van der Waals surface area (Å²) < 4.78 is 76.8. The largest absolute Gasteiger partial charge is 0.402 e. The van der Waals surface area contributed by atoms with Gasteiger partial charge in [-0.15, -0.1) is 5.10 Å². The molecule has 1 aliphatic rings. The van der Waals surface area contributed by atoms with E-state index in [1.807, 2.05) is 0 Å². The first-order valence-electron chi connectivity index (χ1n) is 6.89. The van der Waals surface area contributed by atoms with Gasteiger partial charge in [-0.3, -0.25) is 0 Å². The van der Waals surface area contributed by atoms with Gasteiger partial charge in [0.1, 0.15) is 6.54 Å². The van der Waals surface area contributed by atoms with E-state index in [0.29, 0.717) is 5.56 Å². The number of aromatic nitrogens is 3. The number of hydrogen-bond donors (Lipinski definition) is 1. The summed E-state index contributed by atoms with van der Waals surface area (Å²) in [6.45, 7) is -1.75. The lowest BCUT2D eigenvalue weighted by Gasteiger charge is -2.11. The molecule has 1 aromatic heterocycles. The topological polar surface area (TPSA) is 76.9 Å². The Hall–Kier alpha value is -2.01.